The second kappa shape index (κ2) is 6.76. The molecule has 1 aliphatic carbocycles. The minimum atomic E-state index is 0.534. The molecule has 4 rings (SSSR count). The van der Waals surface area contributed by atoms with Gasteiger partial charge in [0.2, 0.25) is 0 Å². The third kappa shape index (κ3) is 3.21. The summed E-state index contributed by atoms with van der Waals surface area (Å²) >= 11 is 1.62. The van der Waals surface area contributed by atoms with Gasteiger partial charge in [-0.15, -0.1) is 15.3 Å². The molecule has 0 amide bonds. The number of aromatic nitrogens is 7. The molecule has 1 saturated carbocycles. The molecule has 9 heteroatoms. The Morgan fingerprint density at radius 3 is 2.96 bits per heavy atom. The first kappa shape index (κ1) is 15.4. The highest BCUT2D eigenvalue weighted by Gasteiger charge is 2.30. The van der Waals surface area contributed by atoms with Crippen molar-refractivity contribution < 1.29 is 4.42 Å². The quantitative estimate of drug-likeness (QED) is 0.580. The molecule has 3 aromatic rings. The number of nitrogens with zero attached hydrogens (tertiary/aromatic N) is 7. The number of rotatable bonds is 8. The van der Waals surface area contributed by atoms with Crippen molar-refractivity contribution in [2.24, 2.45) is 0 Å². The zero-order valence-corrected chi connectivity index (χ0v) is 14.3. The van der Waals surface area contributed by atoms with Crippen LogP contribution in [-0.2, 0) is 18.8 Å². The maximum Gasteiger partial charge on any atom is 0.192 e. The Balaban J connectivity index is 1.53. The molecule has 0 radical (unpaired) electrons. The van der Waals surface area contributed by atoms with Crippen molar-refractivity contribution in [2.45, 2.75) is 56.1 Å². The lowest BCUT2D eigenvalue weighted by Gasteiger charge is -2.08. The maximum absolute atomic E-state index is 5.50. The average Bonchev–Trinajstić information content (AvgIpc) is 2.99. The van der Waals surface area contributed by atoms with E-state index in [-0.39, 0.29) is 0 Å². The average molecular weight is 345 g/mol. The summed E-state index contributed by atoms with van der Waals surface area (Å²) in [4.78, 5) is 0. The van der Waals surface area contributed by atoms with E-state index in [1.165, 1.54) is 12.8 Å². The van der Waals surface area contributed by atoms with Gasteiger partial charge in [0.05, 0.1) is 18.6 Å². The first-order valence-corrected chi connectivity index (χ1v) is 9.17. The molecule has 8 nitrogen and oxygen atoms in total. The predicted octanol–water partition coefficient (Wildman–Crippen LogP) is 2.49. The number of thioether (sulfide) groups is 1. The summed E-state index contributed by atoms with van der Waals surface area (Å²) in [6.45, 7) is 3.60. The predicted molar refractivity (Wildman–Crippen MR) is 87.5 cm³/mol. The van der Waals surface area contributed by atoms with E-state index in [1.807, 2.05) is 16.8 Å². The normalized spacial score (nSPS) is 14.4. The van der Waals surface area contributed by atoms with Gasteiger partial charge in [-0.25, -0.2) is 4.68 Å². The van der Waals surface area contributed by atoms with Gasteiger partial charge >= 0.3 is 0 Å². The highest BCUT2D eigenvalue weighted by atomic mass is 32.2. The van der Waals surface area contributed by atoms with Crippen LogP contribution in [0, 0.1) is 0 Å². The lowest BCUT2D eigenvalue weighted by atomic mass is 10.3. The fourth-order valence-corrected chi connectivity index (χ4v) is 3.48. The molecule has 0 saturated heterocycles. The smallest absolute Gasteiger partial charge is 0.192 e. The zero-order chi connectivity index (χ0) is 16.4. The van der Waals surface area contributed by atoms with Crippen LogP contribution in [0.4, 0.5) is 0 Å². The van der Waals surface area contributed by atoms with Crippen molar-refractivity contribution in [1.82, 2.24) is 35.0 Å². The minimum absolute atomic E-state index is 0.534. The van der Waals surface area contributed by atoms with E-state index in [4.69, 9.17) is 4.42 Å². The van der Waals surface area contributed by atoms with E-state index in [9.17, 15) is 0 Å². The third-order valence-electron chi connectivity index (χ3n) is 3.95. The molecule has 0 N–H and O–H groups in total. The fourth-order valence-electron chi connectivity index (χ4n) is 2.60. The van der Waals surface area contributed by atoms with Gasteiger partial charge in [0, 0.05) is 12.5 Å². The van der Waals surface area contributed by atoms with Crippen molar-refractivity contribution in [3.8, 4) is 0 Å². The van der Waals surface area contributed by atoms with Gasteiger partial charge in [0.1, 0.15) is 11.6 Å². The molecule has 24 heavy (non-hydrogen) atoms. The summed E-state index contributed by atoms with van der Waals surface area (Å²) in [5.74, 6) is 4.04. The molecule has 0 aromatic carbocycles. The van der Waals surface area contributed by atoms with Gasteiger partial charge in [-0.2, -0.15) is 0 Å². The third-order valence-corrected chi connectivity index (χ3v) is 4.92. The van der Waals surface area contributed by atoms with Crippen LogP contribution in [0.25, 0.3) is 0 Å². The Morgan fingerprint density at radius 2 is 2.21 bits per heavy atom. The monoisotopic (exact) mass is 345 g/mol. The lowest BCUT2D eigenvalue weighted by molar-refractivity contribution is 0.478. The van der Waals surface area contributed by atoms with E-state index >= 15 is 0 Å². The molecule has 0 bridgehead atoms. The molecule has 3 aromatic heterocycles. The van der Waals surface area contributed by atoms with Crippen molar-refractivity contribution in [3.05, 3.63) is 35.8 Å². The largest absolute Gasteiger partial charge is 0.467 e. The van der Waals surface area contributed by atoms with Crippen molar-refractivity contribution in [2.75, 3.05) is 0 Å². The van der Waals surface area contributed by atoms with Crippen LogP contribution >= 0.6 is 11.8 Å². The van der Waals surface area contributed by atoms with E-state index < -0.39 is 0 Å². The molecule has 3 heterocycles. The zero-order valence-electron chi connectivity index (χ0n) is 13.5. The maximum atomic E-state index is 5.50. The van der Waals surface area contributed by atoms with Gasteiger partial charge < -0.3 is 4.42 Å². The van der Waals surface area contributed by atoms with Gasteiger partial charge in [0.15, 0.2) is 11.0 Å². The highest BCUT2D eigenvalue weighted by molar-refractivity contribution is 7.98. The Labute approximate surface area is 143 Å². The van der Waals surface area contributed by atoms with E-state index in [0.29, 0.717) is 18.2 Å². The Morgan fingerprint density at radius 1 is 1.29 bits per heavy atom. The minimum Gasteiger partial charge on any atom is -0.467 e. The van der Waals surface area contributed by atoms with Crippen LogP contribution in [0.15, 0.2) is 28.0 Å². The highest BCUT2D eigenvalue weighted by Crippen LogP contribution is 2.40. The fraction of sp³-hybridized carbons (Fsp3) is 0.533. The molecule has 0 spiro atoms. The summed E-state index contributed by atoms with van der Waals surface area (Å²) in [6, 6.07) is 3.88. The van der Waals surface area contributed by atoms with Gasteiger partial charge in [-0.05, 0) is 41.8 Å². The molecular weight excluding hydrogens is 326 g/mol. The summed E-state index contributed by atoms with van der Waals surface area (Å²) in [6.07, 6.45) is 5.08. The molecular formula is C15H19N7OS. The Bertz CT molecular complexity index is 791. The van der Waals surface area contributed by atoms with Crippen LogP contribution in [0.3, 0.4) is 0 Å². The standard InChI is InChI=1S/C15H19N7OS/c1-2-7-22-13(16-19-20-22)10-24-15-18-17-14(11-5-6-11)21(15)9-12-4-3-8-23-12/h3-4,8,11H,2,5-7,9-10H2,1H3. The molecule has 126 valence electrons. The van der Waals surface area contributed by atoms with E-state index in [1.54, 1.807) is 18.0 Å². The number of hydrogen-bond acceptors (Lipinski definition) is 7. The molecule has 1 aliphatic rings. The SMILES string of the molecule is CCCn1nnnc1CSc1nnc(C2CC2)n1Cc1ccco1. The second-order valence-corrected chi connectivity index (χ2v) is 6.83. The van der Waals surface area contributed by atoms with Gasteiger partial charge in [-0.1, -0.05) is 18.7 Å². The van der Waals surface area contributed by atoms with Gasteiger partial charge in [0.25, 0.3) is 0 Å². The van der Waals surface area contributed by atoms with Crippen LogP contribution in [0.2, 0.25) is 0 Å². The van der Waals surface area contributed by atoms with E-state index in [0.717, 1.165) is 35.5 Å². The van der Waals surface area contributed by atoms with Crippen LogP contribution in [-0.4, -0.2) is 35.0 Å². The Hall–Kier alpha value is -2.16. The summed E-state index contributed by atoms with van der Waals surface area (Å²) in [7, 11) is 0. The Kier molecular flexibility index (Phi) is 4.33. The second-order valence-electron chi connectivity index (χ2n) is 5.89. The lowest BCUT2D eigenvalue weighted by Crippen LogP contribution is -2.07. The topological polar surface area (TPSA) is 87.5 Å². The molecule has 0 aliphatic heterocycles. The van der Waals surface area contributed by atoms with Crippen molar-refractivity contribution in [3.63, 3.8) is 0 Å². The molecule has 1 fully saturated rings. The number of tetrazole rings is 1. The first-order valence-electron chi connectivity index (χ1n) is 8.18. The number of hydrogen-bond donors (Lipinski definition) is 0. The number of furan rings is 1. The molecule has 0 atom stereocenters. The number of aryl methyl sites for hydroxylation is 1. The van der Waals surface area contributed by atoms with Crippen molar-refractivity contribution >= 4 is 11.8 Å². The summed E-state index contributed by atoms with van der Waals surface area (Å²) in [5, 5.41) is 21.6. The van der Waals surface area contributed by atoms with Crippen LogP contribution < -0.4 is 0 Å². The van der Waals surface area contributed by atoms with E-state index in [2.05, 4.69) is 37.2 Å². The summed E-state index contributed by atoms with van der Waals surface area (Å²) < 4.78 is 9.51. The summed E-state index contributed by atoms with van der Waals surface area (Å²) in [5.41, 5.74) is 0. The van der Waals surface area contributed by atoms with Crippen LogP contribution in [0.5, 0.6) is 0 Å². The van der Waals surface area contributed by atoms with Crippen molar-refractivity contribution in [1.29, 1.82) is 0 Å². The first-order chi connectivity index (χ1) is 11.8. The van der Waals surface area contributed by atoms with Gasteiger partial charge in [-0.3, -0.25) is 4.57 Å². The van der Waals surface area contributed by atoms with Crippen LogP contribution in [0.1, 0.15) is 49.5 Å². The molecule has 0 unspecified atom stereocenters.